The van der Waals surface area contributed by atoms with Gasteiger partial charge in [-0.2, -0.15) is 0 Å². The van der Waals surface area contributed by atoms with Crippen LogP contribution >= 0.6 is 11.3 Å². The standard InChI is InChI=1S/C17H26N2S/c1-11-16(20-10-19-11)9-18-12(2)17-6-13-3-14(7-17)5-15(4-13)8-17/h10,12-15,18H,3-9H2,1-2H3. The molecule has 0 amide bonds. The van der Waals surface area contributed by atoms with Gasteiger partial charge in [-0.25, -0.2) is 4.98 Å². The minimum absolute atomic E-state index is 0.618. The fourth-order valence-corrected chi connectivity index (χ4v) is 6.39. The summed E-state index contributed by atoms with van der Waals surface area (Å²) in [6, 6.07) is 0.664. The first-order chi connectivity index (χ1) is 9.64. The van der Waals surface area contributed by atoms with Crippen molar-refractivity contribution in [1.29, 1.82) is 0 Å². The largest absolute Gasteiger partial charge is 0.309 e. The normalized spacial score (nSPS) is 40.2. The summed E-state index contributed by atoms with van der Waals surface area (Å²) in [5, 5.41) is 3.85. The molecule has 1 heterocycles. The molecule has 1 aromatic rings. The Hall–Kier alpha value is -0.410. The molecule has 4 fully saturated rings. The third-order valence-electron chi connectivity index (χ3n) is 6.42. The lowest BCUT2D eigenvalue weighted by atomic mass is 9.48. The Bertz CT molecular complexity index is 458. The van der Waals surface area contributed by atoms with Gasteiger partial charge >= 0.3 is 0 Å². The summed E-state index contributed by atoms with van der Waals surface area (Å²) >= 11 is 1.79. The zero-order chi connectivity index (χ0) is 13.7. The second-order valence-corrected chi connectivity index (χ2v) is 8.68. The van der Waals surface area contributed by atoms with Gasteiger partial charge in [0.25, 0.3) is 0 Å². The van der Waals surface area contributed by atoms with Crippen molar-refractivity contribution < 1.29 is 0 Å². The van der Waals surface area contributed by atoms with Crippen LogP contribution in [0.3, 0.4) is 0 Å². The number of nitrogens with one attached hydrogen (secondary N) is 1. The van der Waals surface area contributed by atoms with E-state index in [9.17, 15) is 0 Å². The predicted octanol–water partition coefficient (Wildman–Crippen LogP) is 4.15. The van der Waals surface area contributed by atoms with Gasteiger partial charge in [0.15, 0.2) is 0 Å². The second kappa shape index (κ2) is 4.81. The number of aromatic nitrogens is 1. The van der Waals surface area contributed by atoms with E-state index in [0.29, 0.717) is 11.5 Å². The van der Waals surface area contributed by atoms with Crippen LogP contribution in [0.4, 0.5) is 0 Å². The molecular weight excluding hydrogens is 264 g/mol. The summed E-state index contributed by atoms with van der Waals surface area (Å²) < 4.78 is 0. The second-order valence-electron chi connectivity index (χ2n) is 7.74. The summed E-state index contributed by atoms with van der Waals surface area (Å²) in [6.45, 7) is 5.59. The molecular formula is C17H26N2S. The summed E-state index contributed by atoms with van der Waals surface area (Å²) in [5.74, 6) is 3.15. The minimum Gasteiger partial charge on any atom is -0.309 e. The van der Waals surface area contributed by atoms with Crippen molar-refractivity contribution in [3.05, 3.63) is 16.1 Å². The molecule has 1 N–H and O–H groups in total. The van der Waals surface area contributed by atoms with Crippen LogP contribution < -0.4 is 5.32 Å². The van der Waals surface area contributed by atoms with Crippen molar-refractivity contribution in [3.8, 4) is 0 Å². The molecule has 4 bridgehead atoms. The number of nitrogens with zero attached hydrogens (tertiary/aromatic N) is 1. The van der Waals surface area contributed by atoms with E-state index in [0.717, 1.165) is 24.3 Å². The quantitative estimate of drug-likeness (QED) is 0.901. The monoisotopic (exact) mass is 290 g/mol. The number of rotatable bonds is 4. The molecule has 4 saturated carbocycles. The van der Waals surface area contributed by atoms with Crippen LogP contribution in [0.2, 0.25) is 0 Å². The molecule has 0 saturated heterocycles. The average molecular weight is 290 g/mol. The van der Waals surface area contributed by atoms with E-state index in [4.69, 9.17) is 0 Å². The van der Waals surface area contributed by atoms with Crippen molar-refractivity contribution in [1.82, 2.24) is 10.3 Å². The van der Waals surface area contributed by atoms with Crippen molar-refractivity contribution >= 4 is 11.3 Å². The lowest BCUT2D eigenvalue weighted by Crippen LogP contribution is -2.54. The lowest BCUT2D eigenvalue weighted by molar-refractivity contribution is -0.0706. The first-order valence-electron chi connectivity index (χ1n) is 8.27. The molecule has 1 aromatic heterocycles. The topological polar surface area (TPSA) is 24.9 Å². The third-order valence-corrected chi connectivity index (χ3v) is 7.35. The van der Waals surface area contributed by atoms with Crippen molar-refractivity contribution in [2.24, 2.45) is 23.2 Å². The van der Waals surface area contributed by atoms with E-state index in [1.165, 1.54) is 29.8 Å². The molecule has 4 aliphatic rings. The molecule has 1 unspecified atom stereocenters. The van der Waals surface area contributed by atoms with E-state index in [1.807, 2.05) is 5.51 Å². The summed E-state index contributed by atoms with van der Waals surface area (Å²) in [7, 11) is 0. The molecule has 1 atom stereocenters. The van der Waals surface area contributed by atoms with Crippen LogP contribution in [0.5, 0.6) is 0 Å². The maximum absolute atomic E-state index is 4.37. The fourth-order valence-electron chi connectivity index (χ4n) is 5.67. The Morgan fingerprint density at radius 1 is 1.25 bits per heavy atom. The SMILES string of the molecule is Cc1ncsc1CNC(C)C12CC3CC(CC(C3)C1)C2. The molecule has 3 heteroatoms. The van der Waals surface area contributed by atoms with Crippen LogP contribution in [0, 0.1) is 30.1 Å². The zero-order valence-corrected chi connectivity index (χ0v) is 13.5. The molecule has 2 nitrogen and oxygen atoms in total. The highest BCUT2D eigenvalue weighted by Gasteiger charge is 2.52. The van der Waals surface area contributed by atoms with Crippen LogP contribution in [-0.4, -0.2) is 11.0 Å². The Morgan fingerprint density at radius 3 is 2.35 bits per heavy atom. The fraction of sp³-hybridized carbons (Fsp3) is 0.824. The van der Waals surface area contributed by atoms with Gasteiger partial charge < -0.3 is 5.32 Å². The van der Waals surface area contributed by atoms with Crippen molar-refractivity contribution in [2.75, 3.05) is 0 Å². The van der Waals surface area contributed by atoms with E-state index in [2.05, 4.69) is 24.1 Å². The molecule has 4 aliphatic carbocycles. The number of hydrogen-bond acceptors (Lipinski definition) is 3. The van der Waals surface area contributed by atoms with E-state index in [1.54, 1.807) is 30.6 Å². The number of hydrogen-bond donors (Lipinski definition) is 1. The maximum Gasteiger partial charge on any atom is 0.0798 e. The van der Waals surface area contributed by atoms with Crippen molar-refractivity contribution in [2.45, 2.75) is 65.0 Å². The van der Waals surface area contributed by atoms with Gasteiger partial charge in [-0.15, -0.1) is 11.3 Å². The Labute approximate surface area is 126 Å². The van der Waals surface area contributed by atoms with Gasteiger partial charge in [0.05, 0.1) is 11.2 Å². The maximum atomic E-state index is 4.37. The van der Waals surface area contributed by atoms with Crippen molar-refractivity contribution in [3.63, 3.8) is 0 Å². The third kappa shape index (κ3) is 2.14. The molecule has 110 valence electrons. The Balaban J connectivity index is 1.45. The molecule has 20 heavy (non-hydrogen) atoms. The van der Waals surface area contributed by atoms with Gasteiger partial charge in [-0.3, -0.25) is 0 Å². The highest BCUT2D eigenvalue weighted by molar-refractivity contribution is 7.09. The lowest BCUT2D eigenvalue weighted by Gasteiger charge is -2.59. The van der Waals surface area contributed by atoms with E-state index in [-0.39, 0.29) is 0 Å². The summed E-state index contributed by atoms with van der Waals surface area (Å²) in [4.78, 5) is 5.78. The first kappa shape index (κ1) is 13.3. The first-order valence-corrected chi connectivity index (χ1v) is 9.15. The van der Waals surface area contributed by atoms with E-state index < -0.39 is 0 Å². The van der Waals surface area contributed by atoms with Gasteiger partial charge in [0.2, 0.25) is 0 Å². The van der Waals surface area contributed by atoms with Crippen LogP contribution in [0.1, 0.15) is 56.0 Å². The summed E-state index contributed by atoms with van der Waals surface area (Å²) in [6.07, 6.45) is 9.11. The molecule has 0 aliphatic heterocycles. The van der Waals surface area contributed by atoms with Gasteiger partial charge in [-0.1, -0.05) is 0 Å². The van der Waals surface area contributed by atoms with Crippen LogP contribution in [0.15, 0.2) is 5.51 Å². The molecule has 0 spiro atoms. The highest BCUT2D eigenvalue weighted by atomic mass is 32.1. The minimum atomic E-state index is 0.618. The average Bonchev–Trinajstić information content (AvgIpc) is 2.80. The predicted molar refractivity (Wildman–Crippen MR) is 83.8 cm³/mol. The zero-order valence-electron chi connectivity index (χ0n) is 12.7. The van der Waals surface area contributed by atoms with Gasteiger partial charge in [-0.05, 0) is 75.5 Å². The smallest absolute Gasteiger partial charge is 0.0798 e. The Kier molecular flexibility index (Phi) is 3.19. The number of thiazole rings is 1. The molecule has 5 rings (SSSR count). The Morgan fingerprint density at radius 2 is 1.85 bits per heavy atom. The van der Waals surface area contributed by atoms with Gasteiger partial charge in [0.1, 0.15) is 0 Å². The van der Waals surface area contributed by atoms with Gasteiger partial charge in [0, 0.05) is 17.5 Å². The van der Waals surface area contributed by atoms with Crippen LogP contribution in [0.25, 0.3) is 0 Å². The molecule has 0 radical (unpaired) electrons. The highest BCUT2D eigenvalue weighted by Crippen LogP contribution is 2.61. The molecule has 0 aromatic carbocycles. The summed E-state index contributed by atoms with van der Waals surface area (Å²) in [5.41, 5.74) is 3.80. The van der Waals surface area contributed by atoms with Crippen LogP contribution in [-0.2, 0) is 6.54 Å². The number of aryl methyl sites for hydroxylation is 1. The van der Waals surface area contributed by atoms with E-state index >= 15 is 0 Å².